The van der Waals surface area contributed by atoms with Crippen molar-refractivity contribution in [3.63, 3.8) is 0 Å². The molecule has 126 valence electrons. The topological polar surface area (TPSA) is 68.5 Å². The van der Waals surface area contributed by atoms with E-state index in [4.69, 9.17) is 9.15 Å². The van der Waals surface area contributed by atoms with Crippen LogP contribution in [0, 0.1) is 0 Å². The molecule has 5 nitrogen and oxygen atoms in total. The molecule has 1 aliphatic carbocycles. The zero-order valence-electron chi connectivity index (χ0n) is 13.8. The van der Waals surface area contributed by atoms with Crippen molar-refractivity contribution in [2.75, 3.05) is 6.54 Å². The molecule has 1 amide bonds. The average Bonchev–Trinajstić information content (AvgIpc) is 3.17. The highest BCUT2D eigenvalue weighted by molar-refractivity contribution is 5.88. The van der Waals surface area contributed by atoms with Gasteiger partial charge in [-0.25, -0.2) is 0 Å². The van der Waals surface area contributed by atoms with Crippen molar-refractivity contribution in [3.05, 3.63) is 47.7 Å². The molecular weight excluding hydrogens is 306 g/mol. The molecule has 1 atom stereocenters. The smallest absolute Gasteiger partial charge is 0.311 e. The van der Waals surface area contributed by atoms with Crippen LogP contribution in [0.2, 0.25) is 0 Å². The highest BCUT2D eigenvalue weighted by atomic mass is 16.5. The van der Waals surface area contributed by atoms with E-state index in [1.807, 2.05) is 0 Å². The monoisotopic (exact) mass is 327 g/mol. The summed E-state index contributed by atoms with van der Waals surface area (Å²) in [5.74, 6) is -0.780. The van der Waals surface area contributed by atoms with Gasteiger partial charge in [-0.2, -0.15) is 0 Å². The second-order valence-electron chi connectivity index (χ2n) is 6.07. The number of fused-ring (bicyclic) bond motifs is 2. The number of nitrogens with one attached hydrogen (secondary N) is 1. The first-order valence-corrected chi connectivity index (χ1v) is 8.18. The molecule has 0 spiro atoms. The fourth-order valence-electron chi connectivity index (χ4n) is 3.05. The Bertz CT molecular complexity index is 790. The van der Waals surface area contributed by atoms with Gasteiger partial charge in [0.15, 0.2) is 6.10 Å². The van der Waals surface area contributed by atoms with Gasteiger partial charge < -0.3 is 14.5 Å². The van der Waals surface area contributed by atoms with Gasteiger partial charge in [-0.3, -0.25) is 9.59 Å². The Morgan fingerprint density at radius 1 is 1.38 bits per heavy atom. The van der Waals surface area contributed by atoms with Gasteiger partial charge in [-0.1, -0.05) is 6.08 Å². The molecule has 0 bridgehead atoms. The minimum absolute atomic E-state index is 0.0882. The molecule has 0 radical (unpaired) electrons. The van der Waals surface area contributed by atoms with Crippen LogP contribution < -0.4 is 5.32 Å². The normalized spacial score (nSPS) is 14.2. The van der Waals surface area contributed by atoms with Crippen LogP contribution in [0.25, 0.3) is 11.0 Å². The number of aryl methyl sites for hydroxylation is 2. The standard InChI is InChI=1S/C19H21NO4/c1-3-7-20-19(22)12(2)24-18(21)10-15-11-23-17-9-14-6-4-5-13(14)8-16(15)17/h3,8-9,11-12H,1,4-7,10H2,2H3,(H,20,22)/t12-/m0/s1. The molecular formula is C19H21NO4. The van der Waals surface area contributed by atoms with Crippen LogP contribution >= 0.6 is 0 Å². The first-order valence-electron chi connectivity index (χ1n) is 8.18. The van der Waals surface area contributed by atoms with Gasteiger partial charge in [-0.05, 0) is 49.4 Å². The van der Waals surface area contributed by atoms with Crippen LogP contribution in [0.5, 0.6) is 0 Å². The third kappa shape index (κ3) is 3.35. The minimum Gasteiger partial charge on any atom is -0.464 e. The fourth-order valence-corrected chi connectivity index (χ4v) is 3.05. The predicted molar refractivity (Wildman–Crippen MR) is 90.7 cm³/mol. The number of esters is 1. The van der Waals surface area contributed by atoms with Gasteiger partial charge in [0.2, 0.25) is 0 Å². The summed E-state index contributed by atoms with van der Waals surface area (Å²) in [4.78, 5) is 23.8. The molecule has 0 unspecified atom stereocenters. The van der Waals surface area contributed by atoms with Crippen LogP contribution in [-0.2, 0) is 33.6 Å². The Kier molecular flexibility index (Phi) is 4.69. The lowest BCUT2D eigenvalue weighted by Gasteiger charge is -2.12. The summed E-state index contributed by atoms with van der Waals surface area (Å²) in [7, 11) is 0. The fraction of sp³-hybridized carbons (Fsp3) is 0.368. The molecule has 1 aromatic carbocycles. The lowest BCUT2D eigenvalue weighted by atomic mass is 10.0. The van der Waals surface area contributed by atoms with E-state index < -0.39 is 12.1 Å². The maximum Gasteiger partial charge on any atom is 0.311 e. The second kappa shape index (κ2) is 6.91. The van der Waals surface area contributed by atoms with E-state index in [1.54, 1.807) is 19.3 Å². The van der Waals surface area contributed by atoms with Crippen molar-refractivity contribution in [2.24, 2.45) is 0 Å². The zero-order valence-corrected chi connectivity index (χ0v) is 13.8. The van der Waals surface area contributed by atoms with Crippen LogP contribution in [0.4, 0.5) is 0 Å². The average molecular weight is 327 g/mol. The van der Waals surface area contributed by atoms with Crippen molar-refractivity contribution < 1.29 is 18.7 Å². The van der Waals surface area contributed by atoms with Gasteiger partial charge in [0.05, 0.1) is 12.7 Å². The predicted octanol–water partition coefficient (Wildman–Crippen LogP) is 2.70. The molecule has 1 aliphatic rings. The summed E-state index contributed by atoms with van der Waals surface area (Å²) in [5, 5.41) is 3.56. The van der Waals surface area contributed by atoms with Crippen LogP contribution in [0.15, 0.2) is 35.5 Å². The number of benzene rings is 1. The molecule has 0 fully saturated rings. The van der Waals surface area contributed by atoms with Gasteiger partial charge >= 0.3 is 5.97 Å². The molecule has 1 heterocycles. The third-order valence-electron chi connectivity index (χ3n) is 4.30. The molecule has 3 rings (SSSR count). The number of carbonyl (C=O) groups is 2. The summed E-state index contributed by atoms with van der Waals surface area (Å²) in [5.41, 5.74) is 4.26. The molecule has 2 aromatic rings. The molecule has 24 heavy (non-hydrogen) atoms. The number of ether oxygens (including phenoxy) is 1. The van der Waals surface area contributed by atoms with E-state index in [2.05, 4.69) is 24.0 Å². The maximum absolute atomic E-state index is 12.1. The second-order valence-corrected chi connectivity index (χ2v) is 6.07. The van der Waals surface area contributed by atoms with Crippen molar-refractivity contribution in [3.8, 4) is 0 Å². The maximum atomic E-state index is 12.1. The number of amides is 1. The first-order chi connectivity index (χ1) is 11.6. The Morgan fingerprint density at radius 3 is 2.88 bits per heavy atom. The van der Waals surface area contributed by atoms with Gasteiger partial charge in [0.25, 0.3) is 5.91 Å². The largest absolute Gasteiger partial charge is 0.464 e. The summed E-state index contributed by atoms with van der Waals surface area (Å²) < 4.78 is 10.8. The molecule has 1 N–H and O–H groups in total. The summed E-state index contributed by atoms with van der Waals surface area (Å²) in [6, 6.07) is 4.18. The van der Waals surface area contributed by atoms with Crippen LogP contribution in [0.1, 0.15) is 30.0 Å². The molecule has 5 heteroatoms. The van der Waals surface area contributed by atoms with Crippen molar-refractivity contribution in [2.45, 2.75) is 38.7 Å². The highest BCUT2D eigenvalue weighted by Crippen LogP contribution is 2.30. The quantitative estimate of drug-likeness (QED) is 0.654. The number of hydrogen-bond acceptors (Lipinski definition) is 4. The lowest BCUT2D eigenvalue weighted by Crippen LogP contribution is -2.36. The van der Waals surface area contributed by atoms with E-state index in [0.29, 0.717) is 6.54 Å². The van der Waals surface area contributed by atoms with E-state index in [-0.39, 0.29) is 12.3 Å². The minimum atomic E-state index is -0.833. The van der Waals surface area contributed by atoms with E-state index in [1.165, 1.54) is 11.1 Å². The summed E-state index contributed by atoms with van der Waals surface area (Å²) in [6.07, 6.45) is 5.74. The van der Waals surface area contributed by atoms with Crippen molar-refractivity contribution in [1.29, 1.82) is 0 Å². The van der Waals surface area contributed by atoms with Crippen molar-refractivity contribution >= 4 is 22.8 Å². The molecule has 0 saturated heterocycles. The SMILES string of the molecule is C=CCNC(=O)[C@H](C)OC(=O)Cc1coc2cc3c(cc12)CCC3. The Balaban J connectivity index is 1.67. The van der Waals surface area contributed by atoms with E-state index in [0.717, 1.165) is 35.8 Å². The number of hydrogen-bond donors (Lipinski definition) is 1. The Hall–Kier alpha value is -2.56. The number of furan rings is 1. The van der Waals surface area contributed by atoms with E-state index >= 15 is 0 Å². The van der Waals surface area contributed by atoms with Gasteiger partial charge in [0, 0.05) is 17.5 Å². The number of rotatable bonds is 6. The Labute approximate surface area is 140 Å². The first kappa shape index (κ1) is 16.3. The lowest BCUT2D eigenvalue weighted by molar-refractivity contribution is -0.154. The summed E-state index contributed by atoms with van der Waals surface area (Å²) >= 11 is 0. The van der Waals surface area contributed by atoms with Gasteiger partial charge in [-0.15, -0.1) is 6.58 Å². The van der Waals surface area contributed by atoms with Crippen LogP contribution in [-0.4, -0.2) is 24.5 Å². The molecule has 0 aliphatic heterocycles. The summed E-state index contributed by atoms with van der Waals surface area (Å²) in [6.45, 7) is 5.42. The van der Waals surface area contributed by atoms with Crippen molar-refractivity contribution in [1.82, 2.24) is 5.32 Å². The molecule has 1 aromatic heterocycles. The van der Waals surface area contributed by atoms with Crippen LogP contribution in [0.3, 0.4) is 0 Å². The third-order valence-corrected chi connectivity index (χ3v) is 4.30. The highest BCUT2D eigenvalue weighted by Gasteiger charge is 2.20. The zero-order chi connectivity index (χ0) is 17.1. The Morgan fingerprint density at radius 2 is 2.12 bits per heavy atom. The molecule has 0 saturated carbocycles. The van der Waals surface area contributed by atoms with E-state index in [9.17, 15) is 9.59 Å². The number of carbonyl (C=O) groups excluding carboxylic acids is 2. The van der Waals surface area contributed by atoms with Gasteiger partial charge in [0.1, 0.15) is 5.58 Å².